The molecule has 47 heavy (non-hydrogen) atoms. The molecule has 2 heterocycles. The maximum absolute atomic E-state index is 14.3. The Morgan fingerprint density at radius 2 is 1.79 bits per heavy atom. The fourth-order valence-corrected chi connectivity index (χ4v) is 8.02. The van der Waals surface area contributed by atoms with Gasteiger partial charge < -0.3 is 14.8 Å². The summed E-state index contributed by atoms with van der Waals surface area (Å²) in [7, 11) is 0. The summed E-state index contributed by atoms with van der Waals surface area (Å²) in [5, 5.41) is 2.98. The van der Waals surface area contributed by atoms with Gasteiger partial charge >= 0.3 is 0 Å². The van der Waals surface area contributed by atoms with E-state index in [9.17, 15) is 14.0 Å². The lowest BCUT2D eigenvalue weighted by Crippen LogP contribution is -2.40. The van der Waals surface area contributed by atoms with E-state index < -0.39 is 6.04 Å². The van der Waals surface area contributed by atoms with Crippen LogP contribution in [0, 0.1) is 9.39 Å². The zero-order valence-corrected chi connectivity index (χ0v) is 29.9. The molecule has 0 bridgehead atoms. The maximum Gasteiger partial charge on any atom is 0.271 e. The van der Waals surface area contributed by atoms with Crippen LogP contribution in [0.15, 0.2) is 117 Å². The van der Waals surface area contributed by atoms with Crippen LogP contribution in [0.25, 0.3) is 6.08 Å². The van der Waals surface area contributed by atoms with Crippen molar-refractivity contribution in [3.05, 3.63) is 153 Å². The highest BCUT2D eigenvalue weighted by molar-refractivity contribution is 14.1. The highest BCUT2D eigenvalue weighted by Gasteiger charge is 2.32. The molecule has 0 saturated carbocycles. The lowest BCUT2D eigenvalue weighted by molar-refractivity contribution is -0.113. The Labute approximate surface area is 296 Å². The first-order valence-electron chi connectivity index (χ1n) is 14.7. The van der Waals surface area contributed by atoms with Crippen molar-refractivity contribution >= 4 is 67.5 Å². The smallest absolute Gasteiger partial charge is 0.271 e. The van der Waals surface area contributed by atoms with Gasteiger partial charge in [-0.3, -0.25) is 14.2 Å². The number of amides is 1. The number of thiazole rings is 1. The Balaban J connectivity index is 1.45. The van der Waals surface area contributed by atoms with E-state index in [0.717, 1.165) is 19.2 Å². The molecule has 0 unspecified atom stereocenters. The highest BCUT2D eigenvalue weighted by atomic mass is 127. The Kier molecular flexibility index (Phi) is 10.0. The van der Waals surface area contributed by atoms with Crippen molar-refractivity contribution in [3.8, 4) is 11.5 Å². The van der Waals surface area contributed by atoms with Gasteiger partial charge in [-0.1, -0.05) is 69.7 Å². The van der Waals surface area contributed by atoms with Gasteiger partial charge in [-0.2, -0.15) is 0 Å². The molecule has 1 atom stereocenters. The fraction of sp³-hybridized carbons (Fsp3) is 0.139. The summed E-state index contributed by atoms with van der Waals surface area (Å²) in [4.78, 5) is 33.4. The third kappa shape index (κ3) is 7.26. The second-order valence-electron chi connectivity index (χ2n) is 10.6. The lowest BCUT2D eigenvalue weighted by Gasteiger charge is -2.25. The standard InChI is InChI=1S/C36H28BrFIN3O4S/c1-3-45-28-15-11-23(12-16-28)32-31(34(43)41-27-7-5-4-6-8-27)21(2)40-36-42(32)35(44)30(47-36)18-24-17-25(37)19-29(39)33(24)46-20-22-9-13-26(38)14-10-22/h4-19,32H,3,20H2,1-2H3,(H,41,43)/b30-18-/t32-/m0/s1. The first-order chi connectivity index (χ1) is 22.7. The number of fused-ring (bicyclic) bond motifs is 1. The van der Waals surface area contributed by atoms with Crippen LogP contribution in [0.2, 0.25) is 0 Å². The average Bonchev–Trinajstić information content (AvgIpc) is 3.35. The molecule has 0 fully saturated rings. The van der Waals surface area contributed by atoms with Crippen molar-refractivity contribution in [2.75, 3.05) is 11.9 Å². The van der Waals surface area contributed by atoms with Crippen LogP contribution in [0.3, 0.4) is 0 Å². The van der Waals surface area contributed by atoms with Gasteiger partial charge in [-0.05, 0) is 102 Å². The van der Waals surface area contributed by atoms with Crippen LogP contribution in [-0.4, -0.2) is 17.1 Å². The molecule has 0 saturated heterocycles. The second-order valence-corrected chi connectivity index (χ2v) is 13.7. The third-order valence-electron chi connectivity index (χ3n) is 7.42. The van der Waals surface area contributed by atoms with Crippen LogP contribution in [0.1, 0.15) is 36.6 Å². The Morgan fingerprint density at radius 3 is 2.49 bits per heavy atom. The van der Waals surface area contributed by atoms with Crippen molar-refractivity contribution in [2.24, 2.45) is 4.99 Å². The van der Waals surface area contributed by atoms with Gasteiger partial charge in [0.25, 0.3) is 11.5 Å². The van der Waals surface area contributed by atoms with Crippen LogP contribution in [0.5, 0.6) is 11.5 Å². The summed E-state index contributed by atoms with van der Waals surface area (Å²) in [6.07, 6.45) is 1.79. The number of carbonyl (C=O) groups is 1. The van der Waals surface area contributed by atoms with E-state index in [1.807, 2.05) is 73.7 Å². The highest BCUT2D eigenvalue weighted by Crippen LogP contribution is 2.33. The zero-order valence-electron chi connectivity index (χ0n) is 25.3. The lowest BCUT2D eigenvalue weighted by atomic mass is 9.95. The molecule has 7 nitrogen and oxygen atoms in total. The van der Waals surface area contributed by atoms with Gasteiger partial charge in [-0.15, -0.1) is 0 Å². The quantitative estimate of drug-likeness (QED) is 0.158. The summed E-state index contributed by atoms with van der Waals surface area (Å²) in [6.45, 7) is 4.44. The van der Waals surface area contributed by atoms with Crippen LogP contribution in [0.4, 0.5) is 10.1 Å². The van der Waals surface area contributed by atoms with Crippen molar-refractivity contribution < 1.29 is 18.7 Å². The van der Waals surface area contributed by atoms with E-state index in [0.29, 0.717) is 50.0 Å². The number of allylic oxidation sites excluding steroid dienone is 1. The molecule has 0 aliphatic carbocycles. The third-order valence-corrected chi connectivity index (χ3v) is 9.67. The molecule has 11 heteroatoms. The number of hydrogen-bond acceptors (Lipinski definition) is 6. The maximum atomic E-state index is 14.3. The van der Waals surface area contributed by atoms with Crippen molar-refractivity contribution in [3.63, 3.8) is 0 Å². The van der Waals surface area contributed by atoms with Crippen LogP contribution >= 0.6 is 49.9 Å². The van der Waals surface area contributed by atoms with Crippen LogP contribution in [-0.2, 0) is 11.4 Å². The van der Waals surface area contributed by atoms with Gasteiger partial charge in [0.15, 0.2) is 4.80 Å². The molecule has 0 spiro atoms. The van der Waals surface area contributed by atoms with E-state index >= 15 is 0 Å². The van der Waals surface area contributed by atoms with E-state index in [1.54, 1.807) is 29.7 Å². The number of aromatic nitrogens is 1. The van der Waals surface area contributed by atoms with E-state index in [4.69, 9.17) is 14.5 Å². The van der Waals surface area contributed by atoms with Crippen molar-refractivity contribution in [2.45, 2.75) is 26.5 Å². The Bertz CT molecular complexity index is 2170. The van der Waals surface area contributed by atoms with Gasteiger partial charge in [0.05, 0.1) is 32.0 Å². The monoisotopic (exact) mass is 823 g/mol. The summed E-state index contributed by atoms with van der Waals surface area (Å²) in [5.74, 6) is 0.620. The molecule has 5 aromatic rings. The number of ether oxygens (including phenoxy) is 2. The van der Waals surface area contributed by atoms with Gasteiger partial charge in [0, 0.05) is 15.7 Å². The van der Waals surface area contributed by atoms with Gasteiger partial charge in [-0.25, -0.2) is 9.38 Å². The van der Waals surface area contributed by atoms with Gasteiger partial charge in [0.2, 0.25) is 0 Å². The number of hydrogen-bond donors (Lipinski definition) is 1. The first kappa shape index (κ1) is 32.9. The summed E-state index contributed by atoms with van der Waals surface area (Å²) >= 11 is 7.01. The summed E-state index contributed by atoms with van der Waals surface area (Å²) in [6, 6.07) is 25.8. The number of carbonyl (C=O) groups excluding carboxylic acids is 1. The SMILES string of the molecule is CCOc1ccc([C@H]2C(C(=O)Nc3ccccc3)=C(C)N=c3s/c(=C\c4cc(Br)cc(I)c4OCc4ccc(F)cc4)c(=O)n32)cc1. The van der Waals surface area contributed by atoms with E-state index in [2.05, 4.69) is 43.8 Å². The molecule has 1 aliphatic heterocycles. The van der Waals surface area contributed by atoms with E-state index in [1.165, 1.54) is 23.5 Å². The molecule has 0 radical (unpaired) electrons. The molecule has 1 aliphatic rings. The zero-order chi connectivity index (χ0) is 33.1. The summed E-state index contributed by atoms with van der Waals surface area (Å²) < 4.78 is 29.0. The number of rotatable bonds is 9. The predicted molar refractivity (Wildman–Crippen MR) is 194 cm³/mol. The molecule has 1 N–H and O–H groups in total. The molecule has 238 valence electrons. The first-order valence-corrected chi connectivity index (χ1v) is 17.4. The minimum atomic E-state index is -0.732. The van der Waals surface area contributed by atoms with Crippen molar-refractivity contribution in [1.29, 1.82) is 0 Å². The number of nitrogens with zero attached hydrogens (tertiary/aromatic N) is 2. The van der Waals surface area contributed by atoms with Crippen LogP contribution < -0.4 is 29.7 Å². The number of benzene rings is 4. The number of anilines is 1. The number of nitrogens with one attached hydrogen (secondary N) is 1. The number of halogens is 3. The van der Waals surface area contributed by atoms with Gasteiger partial charge in [0.1, 0.15) is 23.9 Å². The van der Waals surface area contributed by atoms with E-state index in [-0.39, 0.29) is 23.9 Å². The number of para-hydroxylation sites is 1. The molecule has 1 aromatic heterocycles. The van der Waals surface area contributed by atoms with Crippen molar-refractivity contribution in [1.82, 2.24) is 4.57 Å². The molecular weight excluding hydrogens is 796 g/mol. The molecule has 6 rings (SSSR count). The minimum absolute atomic E-state index is 0.219. The molecular formula is C36H28BrFIN3O4S. The fourth-order valence-electron chi connectivity index (χ4n) is 5.28. The average molecular weight is 825 g/mol. The second kappa shape index (κ2) is 14.4. The largest absolute Gasteiger partial charge is 0.494 e. The Morgan fingerprint density at radius 1 is 1.06 bits per heavy atom. The topological polar surface area (TPSA) is 81.9 Å². The minimum Gasteiger partial charge on any atom is -0.494 e. The predicted octanol–water partition coefficient (Wildman–Crippen LogP) is 7.36. The Hall–Kier alpha value is -4.07. The summed E-state index contributed by atoms with van der Waals surface area (Å²) in [5.41, 5.74) is 3.48. The normalized spacial score (nSPS) is 14.4. The molecule has 4 aromatic carbocycles. The molecule has 1 amide bonds.